The van der Waals surface area contributed by atoms with Crippen molar-refractivity contribution in [1.82, 2.24) is 4.90 Å². The third-order valence-electron chi connectivity index (χ3n) is 5.84. The number of amides is 1. The zero-order chi connectivity index (χ0) is 20.9. The highest BCUT2D eigenvalue weighted by molar-refractivity contribution is 5.68. The third-order valence-corrected chi connectivity index (χ3v) is 5.84. The van der Waals surface area contributed by atoms with Crippen molar-refractivity contribution >= 4 is 6.09 Å². The molecule has 1 atom stereocenters. The molecule has 1 saturated heterocycles. The van der Waals surface area contributed by atoms with Crippen molar-refractivity contribution in [3.8, 4) is 0 Å². The van der Waals surface area contributed by atoms with Gasteiger partial charge in [-0.3, -0.25) is 0 Å². The van der Waals surface area contributed by atoms with Crippen LogP contribution in [0.1, 0.15) is 90.3 Å². The van der Waals surface area contributed by atoms with E-state index in [1.165, 1.54) is 42.4 Å². The highest BCUT2D eigenvalue weighted by Gasteiger charge is 2.29. The van der Waals surface area contributed by atoms with Gasteiger partial charge in [-0.2, -0.15) is 0 Å². The summed E-state index contributed by atoms with van der Waals surface area (Å²) in [5.41, 5.74) is 4.13. The average molecular weight is 388 g/mol. The maximum absolute atomic E-state index is 12.6. The van der Waals surface area contributed by atoms with Gasteiger partial charge < -0.3 is 9.64 Å². The number of likely N-dealkylation sites (tertiary alicyclic amines) is 1. The van der Waals surface area contributed by atoms with Crippen LogP contribution in [0.25, 0.3) is 0 Å². The van der Waals surface area contributed by atoms with Crippen LogP contribution in [-0.4, -0.2) is 29.7 Å². The summed E-state index contributed by atoms with van der Waals surface area (Å²) in [6.45, 7) is 16.7. The van der Waals surface area contributed by atoms with Gasteiger partial charge in [0.15, 0.2) is 0 Å². The molecule has 1 aromatic rings. The van der Waals surface area contributed by atoms with Crippen LogP contribution in [0, 0.1) is 12.8 Å². The van der Waals surface area contributed by atoms with Gasteiger partial charge in [-0.25, -0.2) is 4.79 Å². The zero-order valence-corrected chi connectivity index (χ0v) is 19.2. The molecule has 1 aliphatic rings. The van der Waals surface area contributed by atoms with Crippen LogP contribution in [0.2, 0.25) is 0 Å². The lowest BCUT2D eigenvalue weighted by molar-refractivity contribution is 0.0234. The maximum Gasteiger partial charge on any atom is 0.410 e. The van der Waals surface area contributed by atoms with E-state index in [4.69, 9.17) is 4.74 Å². The van der Waals surface area contributed by atoms with Crippen molar-refractivity contribution in [2.45, 2.75) is 98.0 Å². The lowest BCUT2D eigenvalue weighted by Crippen LogP contribution is -2.39. The molecule has 0 spiro atoms. The van der Waals surface area contributed by atoms with Crippen molar-refractivity contribution < 1.29 is 9.53 Å². The predicted molar refractivity (Wildman–Crippen MR) is 118 cm³/mol. The van der Waals surface area contributed by atoms with E-state index in [0.717, 1.165) is 25.9 Å². The summed E-state index contributed by atoms with van der Waals surface area (Å²) in [5, 5.41) is 0. The molecule has 2 rings (SSSR count). The molecular weight excluding hydrogens is 346 g/mol. The smallest absolute Gasteiger partial charge is 0.410 e. The van der Waals surface area contributed by atoms with Crippen molar-refractivity contribution in [2.75, 3.05) is 13.1 Å². The Labute approximate surface area is 172 Å². The summed E-state index contributed by atoms with van der Waals surface area (Å²) in [6.07, 6.45) is 6.71. The summed E-state index contributed by atoms with van der Waals surface area (Å²) in [7, 11) is 0. The van der Waals surface area contributed by atoms with E-state index < -0.39 is 5.60 Å². The highest BCUT2D eigenvalue weighted by Crippen LogP contribution is 2.35. The number of ether oxygens (including phenoxy) is 1. The van der Waals surface area contributed by atoms with E-state index in [1.54, 1.807) is 0 Å². The van der Waals surface area contributed by atoms with E-state index in [1.807, 2.05) is 25.7 Å². The molecule has 3 heteroatoms. The van der Waals surface area contributed by atoms with Gasteiger partial charge in [-0.05, 0) is 81.4 Å². The number of rotatable bonds is 5. The first-order valence-electron chi connectivity index (χ1n) is 11.1. The summed E-state index contributed by atoms with van der Waals surface area (Å²) in [6, 6.07) is 6.75. The summed E-state index contributed by atoms with van der Waals surface area (Å²) >= 11 is 0. The number of hydrogen-bond acceptors (Lipinski definition) is 2. The number of carbonyl (C=O) groups excluding carboxylic acids is 1. The average Bonchev–Trinajstić information content (AvgIpc) is 2.78. The monoisotopic (exact) mass is 387 g/mol. The van der Waals surface area contributed by atoms with E-state index in [9.17, 15) is 4.79 Å². The molecule has 1 aliphatic heterocycles. The Morgan fingerprint density at radius 1 is 1.18 bits per heavy atom. The molecule has 158 valence electrons. The Morgan fingerprint density at radius 2 is 1.89 bits per heavy atom. The summed E-state index contributed by atoms with van der Waals surface area (Å²) in [5.74, 6) is 0.494. The van der Waals surface area contributed by atoms with Crippen LogP contribution in [-0.2, 0) is 16.6 Å². The molecule has 0 radical (unpaired) electrons. The van der Waals surface area contributed by atoms with Gasteiger partial charge in [0.1, 0.15) is 5.60 Å². The fraction of sp³-hybridized carbons (Fsp3) is 0.720. The van der Waals surface area contributed by atoms with Crippen LogP contribution < -0.4 is 0 Å². The molecule has 28 heavy (non-hydrogen) atoms. The van der Waals surface area contributed by atoms with Gasteiger partial charge in [0.05, 0.1) is 0 Å². The minimum Gasteiger partial charge on any atom is -0.444 e. The van der Waals surface area contributed by atoms with Crippen molar-refractivity contribution in [2.24, 2.45) is 5.92 Å². The number of carbonyl (C=O) groups is 1. The maximum atomic E-state index is 12.6. The van der Waals surface area contributed by atoms with E-state index in [-0.39, 0.29) is 11.5 Å². The molecule has 1 heterocycles. The molecule has 3 nitrogen and oxygen atoms in total. The SMILES string of the molecule is CCCC(C)(C)c1c(C)cccc1CC1CCCCN(C(=O)OC(C)(C)C)C1. The number of hydrogen-bond donors (Lipinski definition) is 0. The largest absolute Gasteiger partial charge is 0.444 e. The molecule has 0 aliphatic carbocycles. The standard InChI is InChI=1S/C25H41NO2/c1-8-15-25(6,7)22-19(2)12-11-14-21(22)17-20-13-9-10-16-26(18-20)23(27)28-24(3,4)5/h11-12,14,20H,8-10,13,15-18H2,1-7H3. The lowest BCUT2D eigenvalue weighted by atomic mass is 9.74. The first-order chi connectivity index (χ1) is 13.0. The second kappa shape index (κ2) is 9.33. The number of aryl methyl sites for hydroxylation is 1. The molecule has 0 N–H and O–H groups in total. The van der Waals surface area contributed by atoms with Crippen LogP contribution in [0.4, 0.5) is 4.79 Å². The molecule has 1 aromatic carbocycles. The van der Waals surface area contributed by atoms with Crippen LogP contribution >= 0.6 is 0 Å². The summed E-state index contributed by atoms with van der Waals surface area (Å²) in [4.78, 5) is 14.6. The van der Waals surface area contributed by atoms with Crippen molar-refractivity contribution in [3.05, 3.63) is 34.9 Å². The fourth-order valence-electron chi connectivity index (χ4n) is 4.82. The minimum absolute atomic E-state index is 0.157. The van der Waals surface area contributed by atoms with Gasteiger partial charge in [0.25, 0.3) is 0 Å². The second-order valence-electron chi connectivity index (χ2n) is 10.2. The normalized spacial score (nSPS) is 18.7. The van der Waals surface area contributed by atoms with Gasteiger partial charge in [0, 0.05) is 13.1 Å². The van der Waals surface area contributed by atoms with Crippen LogP contribution in [0.5, 0.6) is 0 Å². The lowest BCUT2D eigenvalue weighted by Gasteiger charge is -2.32. The fourth-order valence-corrected chi connectivity index (χ4v) is 4.82. The van der Waals surface area contributed by atoms with E-state index in [2.05, 4.69) is 45.9 Å². The van der Waals surface area contributed by atoms with E-state index in [0.29, 0.717) is 5.92 Å². The van der Waals surface area contributed by atoms with Crippen molar-refractivity contribution in [3.63, 3.8) is 0 Å². The molecule has 0 saturated carbocycles. The topological polar surface area (TPSA) is 29.5 Å². The molecule has 1 amide bonds. The second-order valence-corrected chi connectivity index (χ2v) is 10.2. The molecule has 1 unspecified atom stereocenters. The van der Waals surface area contributed by atoms with Gasteiger partial charge in [-0.1, -0.05) is 51.8 Å². The quantitative estimate of drug-likeness (QED) is 0.566. The Kier molecular flexibility index (Phi) is 7.59. The Morgan fingerprint density at radius 3 is 2.54 bits per heavy atom. The van der Waals surface area contributed by atoms with Crippen molar-refractivity contribution in [1.29, 1.82) is 0 Å². The Hall–Kier alpha value is -1.51. The van der Waals surface area contributed by atoms with E-state index >= 15 is 0 Å². The first-order valence-corrected chi connectivity index (χ1v) is 11.1. The molecule has 0 bridgehead atoms. The molecule has 0 aromatic heterocycles. The van der Waals surface area contributed by atoms with Gasteiger partial charge in [0.2, 0.25) is 0 Å². The molecular formula is C25H41NO2. The predicted octanol–water partition coefficient (Wildman–Crippen LogP) is 6.65. The van der Waals surface area contributed by atoms with Crippen LogP contribution in [0.15, 0.2) is 18.2 Å². The first kappa shape index (κ1) is 22.8. The van der Waals surface area contributed by atoms with Gasteiger partial charge >= 0.3 is 6.09 Å². The van der Waals surface area contributed by atoms with Gasteiger partial charge in [-0.15, -0.1) is 0 Å². The number of benzene rings is 1. The Bertz CT molecular complexity index is 657. The third kappa shape index (κ3) is 6.25. The molecule has 1 fully saturated rings. The number of nitrogens with zero attached hydrogens (tertiary/aromatic N) is 1. The minimum atomic E-state index is -0.438. The highest BCUT2D eigenvalue weighted by atomic mass is 16.6. The Balaban J connectivity index is 2.20. The zero-order valence-electron chi connectivity index (χ0n) is 19.2. The van der Waals surface area contributed by atoms with Crippen LogP contribution in [0.3, 0.4) is 0 Å². The summed E-state index contributed by atoms with van der Waals surface area (Å²) < 4.78 is 5.65.